The Kier molecular flexibility index (Phi) is 5.04. The Bertz CT molecular complexity index is 846. The highest BCUT2D eigenvalue weighted by Gasteiger charge is 2.18. The molecule has 2 aromatic carbocycles. The van der Waals surface area contributed by atoms with E-state index >= 15 is 0 Å². The van der Waals surface area contributed by atoms with Crippen LogP contribution in [0, 0.1) is 11.3 Å². The fourth-order valence-corrected chi connectivity index (χ4v) is 3.20. The molecule has 2 N–H and O–H groups in total. The maximum atomic E-state index is 12.4. The van der Waals surface area contributed by atoms with Gasteiger partial charge in [-0.3, -0.25) is 0 Å². The third kappa shape index (κ3) is 4.34. The second kappa shape index (κ2) is 6.99. The molecule has 0 amide bonds. The van der Waals surface area contributed by atoms with Gasteiger partial charge < -0.3 is 10.5 Å². The van der Waals surface area contributed by atoms with Gasteiger partial charge in [0.05, 0.1) is 12.9 Å². The average Bonchev–Trinajstić information content (AvgIpc) is 2.54. The first-order valence-corrected chi connectivity index (χ1v) is 8.43. The van der Waals surface area contributed by atoms with Gasteiger partial charge in [0.15, 0.2) is 9.84 Å². The van der Waals surface area contributed by atoms with Crippen molar-refractivity contribution in [3.63, 3.8) is 0 Å². The molecule has 0 saturated heterocycles. The predicted molar refractivity (Wildman–Crippen MR) is 90.1 cm³/mol. The standard InChI is InChI=1S/C17H16N2O3S/c1-22-16-8-4-14(5-9-16)12-23(20,21)17(11-18)10-13-2-6-15(19)7-3-13/h2-10H,12,19H2,1H3/b17-10+. The molecule has 2 aromatic rings. The third-order valence-electron chi connectivity index (χ3n) is 3.20. The lowest BCUT2D eigenvalue weighted by atomic mass is 10.2. The number of sulfone groups is 1. The summed E-state index contributed by atoms with van der Waals surface area (Å²) in [6, 6.07) is 15.1. The van der Waals surface area contributed by atoms with Crippen molar-refractivity contribution in [2.75, 3.05) is 12.8 Å². The number of nitrogens with zero attached hydrogens (tertiary/aromatic N) is 1. The first-order valence-electron chi connectivity index (χ1n) is 6.77. The minimum Gasteiger partial charge on any atom is -0.497 e. The fourth-order valence-electron chi connectivity index (χ4n) is 1.95. The van der Waals surface area contributed by atoms with E-state index in [4.69, 9.17) is 10.5 Å². The van der Waals surface area contributed by atoms with E-state index in [-0.39, 0.29) is 10.7 Å². The van der Waals surface area contributed by atoms with Crippen LogP contribution in [-0.4, -0.2) is 15.5 Å². The zero-order valence-corrected chi connectivity index (χ0v) is 13.4. The van der Waals surface area contributed by atoms with Crippen LogP contribution in [0.25, 0.3) is 6.08 Å². The minimum atomic E-state index is -3.73. The van der Waals surface area contributed by atoms with Crippen LogP contribution in [0.5, 0.6) is 5.75 Å². The molecule has 5 nitrogen and oxygen atoms in total. The van der Waals surface area contributed by atoms with Gasteiger partial charge in [-0.05, 0) is 41.5 Å². The van der Waals surface area contributed by atoms with Crippen molar-refractivity contribution >= 4 is 21.6 Å². The molecule has 0 saturated carbocycles. The van der Waals surface area contributed by atoms with Crippen LogP contribution in [0.1, 0.15) is 11.1 Å². The van der Waals surface area contributed by atoms with E-state index in [1.165, 1.54) is 13.2 Å². The van der Waals surface area contributed by atoms with E-state index in [2.05, 4.69) is 0 Å². The number of benzene rings is 2. The second-order valence-electron chi connectivity index (χ2n) is 4.89. The number of hydrogen-bond acceptors (Lipinski definition) is 5. The van der Waals surface area contributed by atoms with Crippen molar-refractivity contribution in [2.24, 2.45) is 0 Å². The number of rotatable bonds is 5. The highest BCUT2D eigenvalue weighted by molar-refractivity contribution is 7.95. The molecule has 0 heterocycles. The Morgan fingerprint density at radius 2 is 1.78 bits per heavy atom. The zero-order chi connectivity index (χ0) is 16.9. The Hall–Kier alpha value is -2.78. The zero-order valence-electron chi connectivity index (χ0n) is 12.6. The first-order chi connectivity index (χ1) is 10.9. The minimum absolute atomic E-state index is 0.245. The maximum absolute atomic E-state index is 12.4. The monoisotopic (exact) mass is 328 g/mol. The summed E-state index contributed by atoms with van der Waals surface area (Å²) in [6.45, 7) is 0. The van der Waals surface area contributed by atoms with E-state index in [0.29, 0.717) is 22.6 Å². The molecule has 0 fully saturated rings. The number of methoxy groups -OCH3 is 1. The van der Waals surface area contributed by atoms with Crippen molar-refractivity contribution in [3.8, 4) is 11.8 Å². The summed E-state index contributed by atoms with van der Waals surface area (Å²) >= 11 is 0. The van der Waals surface area contributed by atoms with Crippen LogP contribution in [0.4, 0.5) is 5.69 Å². The van der Waals surface area contributed by atoms with Crippen LogP contribution in [0.3, 0.4) is 0 Å². The molecule has 0 aliphatic carbocycles. The van der Waals surface area contributed by atoms with Crippen LogP contribution < -0.4 is 10.5 Å². The Labute approximate surface area is 135 Å². The quantitative estimate of drug-likeness (QED) is 0.673. The third-order valence-corrected chi connectivity index (χ3v) is 4.79. The molecule has 118 valence electrons. The van der Waals surface area contributed by atoms with E-state index < -0.39 is 9.84 Å². The smallest absolute Gasteiger partial charge is 0.192 e. The predicted octanol–water partition coefficient (Wildman–Crippen LogP) is 2.76. The summed E-state index contributed by atoms with van der Waals surface area (Å²) in [6.07, 6.45) is 1.35. The topological polar surface area (TPSA) is 93.2 Å². The summed E-state index contributed by atoms with van der Waals surface area (Å²) in [4.78, 5) is -0.280. The average molecular weight is 328 g/mol. The largest absolute Gasteiger partial charge is 0.497 e. The molecular weight excluding hydrogens is 312 g/mol. The summed E-state index contributed by atoms with van der Waals surface area (Å²) in [5.41, 5.74) is 7.35. The SMILES string of the molecule is COc1ccc(CS(=O)(=O)/C(C#N)=C/c2ccc(N)cc2)cc1. The lowest BCUT2D eigenvalue weighted by Crippen LogP contribution is -2.06. The number of nitrogen functional groups attached to an aromatic ring is 1. The van der Waals surface area contributed by atoms with Gasteiger partial charge in [-0.2, -0.15) is 5.26 Å². The highest BCUT2D eigenvalue weighted by Crippen LogP contribution is 2.19. The van der Waals surface area contributed by atoms with Gasteiger partial charge in [0, 0.05) is 5.69 Å². The Morgan fingerprint density at radius 1 is 1.17 bits per heavy atom. The summed E-state index contributed by atoms with van der Waals surface area (Å²) < 4.78 is 29.9. The lowest BCUT2D eigenvalue weighted by Gasteiger charge is -2.05. The van der Waals surface area contributed by atoms with Gasteiger partial charge in [-0.15, -0.1) is 0 Å². The first kappa shape index (κ1) is 16.6. The van der Waals surface area contributed by atoms with Crippen LogP contribution >= 0.6 is 0 Å². The summed E-state index contributed by atoms with van der Waals surface area (Å²) in [5.74, 6) is 0.398. The van der Waals surface area contributed by atoms with E-state index in [1.54, 1.807) is 54.6 Å². The molecule has 0 aromatic heterocycles. The fraction of sp³-hybridized carbons (Fsp3) is 0.118. The highest BCUT2D eigenvalue weighted by atomic mass is 32.2. The molecular formula is C17H16N2O3S. The van der Waals surface area contributed by atoms with Crippen LogP contribution in [-0.2, 0) is 15.6 Å². The number of hydrogen-bond donors (Lipinski definition) is 1. The maximum Gasteiger partial charge on any atom is 0.192 e. The molecule has 0 spiro atoms. The number of nitrogens with two attached hydrogens (primary N) is 1. The normalized spacial score (nSPS) is 11.7. The molecule has 0 radical (unpaired) electrons. The lowest BCUT2D eigenvalue weighted by molar-refractivity contribution is 0.414. The molecule has 2 rings (SSSR count). The van der Waals surface area contributed by atoms with Gasteiger partial charge in [0.25, 0.3) is 0 Å². The molecule has 0 bridgehead atoms. The van der Waals surface area contributed by atoms with Crippen molar-refractivity contribution in [1.82, 2.24) is 0 Å². The second-order valence-corrected chi connectivity index (χ2v) is 6.85. The van der Waals surface area contributed by atoms with Crippen molar-refractivity contribution < 1.29 is 13.2 Å². The van der Waals surface area contributed by atoms with E-state index in [9.17, 15) is 13.7 Å². The van der Waals surface area contributed by atoms with Crippen molar-refractivity contribution in [2.45, 2.75) is 5.75 Å². The van der Waals surface area contributed by atoms with Crippen molar-refractivity contribution in [3.05, 3.63) is 64.6 Å². The molecule has 0 unspecified atom stereocenters. The summed E-state index contributed by atoms with van der Waals surface area (Å²) in [5, 5.41) is 9.20. The van der Waals surface area contributed by atoms with Gasteiger partial charge in [-0.25, -0.2) is 8.42 Å². The number of allylic oxidation sites excluding steroid dienone is 1. The van der Waals surface area contributed by atoms with Crippen LogP contribution in [0.15, 0.2) is 53.4 Å². The molecule has 0 atom stereocenters. The molecule has 23 heavy (non-hydrogen) atoms. The summed E-state index contributed by atoms with van der Waals surface area (Å²) in [7, 11) is -2.19. The molecule has 0 aliphatic rings. The number of nitriles is 1. The molecule has 0 aliphatic heterocycles. The Balaban J connectivity index is 2.28. The Morgan fingerprint density at radius 3 is 2.30 bits per heavy atom. The van der Waals surface area contributed by atoms with Gasteiger partial charge in [0.2, 0.25) is 0 Å². The van der Waals surface area contributed by atoms with Crippen molar-refractivity contribution in [1.29, 1.82) is 5.26 Å². The number of anilines is 1. The van der Waals surface area contributed by atoms with E-state index in [1.807, 2.05) is 0 Å². The van der Waals surface area contributed by atoms with E-state index in [0.717, 1.165) is 0 Å². The van der Waals surface area contributed by atoms with Gasteiger partial charge in [-0.1, -0.05) is 24.3 Å². The molecule has 6 heteroatoms. The number of ether oxygens (including phenoxy) is 1. The van der Waals surface area contributed by atoms with Gasteiger partial charge >= 0.3 is 0 Å². The van der Waals surface area contributed by atoms with Gasteiger partial charge in [0.1, 0.15) is 16.7 Å². The van der Waals surface area contributed by atoms with Crippen LogP contribution in [0.2, 0.25) is 0 Å².